The second-order valence-electron chi connectivity index (χ2n) is 6.71. The number of nitrogens with zero attached hydrogens (tertiary/aromatic N) is 1. The van der Waals surface area contributed by atoms with Crippen molar-refractivity contribution in [1.29, 1.82) is 0 Å². The summed E-state index contributed by atoms with van der Waals surface area (Å²) in [5, 5.41) is 0.129. The smallest absolute Gasteiger partial charge is 0.417 e. The van der Waals surface area contributed by atoms with Gasteiger partial charge in [-0.05, 0) is 31.6 Å². The van der Waals surface area contributed by atoms with Gasteiger partial charge in [0.25, 0.3) is 5.91 Å². The van der Waals surface area contributed by atoms with Crippen LogP contribution in [0.15, 0.2) is 42.0 Å². The van der Waals surface area contributed by atoms with Crippen LogP contribution in [0.1, 0.15) is 25.8 Å². The van der Waals surface area contributed by atoms with E-state index in [1.54, 1.807) is 32.9 Å². The first-order valence-electron chi connectivity index (χ1n) is 9.36. The van der Waals surface area contributed by atoms with Gasteiger partial charge in [0, 0.05) is 31.5 Å². The van der Waals surface area contributed by atoms with Gasteiger partial charge >= 0.3 is 6.09 Å². The Bertz CT molecular complexity index is 675. The van der Waals surface area contributed by atoms with Crippen LogP contribution in [0.2, 0.25) is 0 Å². The molecule has 1 heterocycles. The van der Waals surface area contributed by atoms with Crippen molar-refractivity contribution in [3.63, 3.8) is 0 Å². The monoisotopic (exact) mass is 407 g/mol. The van der Waals surface area contributed by atoms with Crippen molar-refractivity contribution in [2.24, 2.45) is 0 Å². The first-order valence-corrected chi connectivity index (χ1v) is 10.4. The van der Waals surface area contributed by atoms with Crippen LogP contribution in [0, 0.1) is 0 Å². The number of amides is 2. The molecule has 0 N–H and O–H groups in total. The Balaban J connectivity index is 1.95. The van der Waals surface area contributed by atoms with E-state index in [-0.39, 0.29) is 30.1 Å². The molecule has 0 radical (unpaired) electrons. The second kappa shape index (κ2) is 11.2. The summed E-state index contributed by atoms with van der Waals surface area (Å²) < 4.78 is 15.5. The van der Waals surface area contributed by atoms with Gasteiger partial charge in [-0.25, -0.2) is 9.69 Å². The van der Waals surface area contributed by atoms with Crippen LogP contribution in [0.3, 0.4) is 0 Å². The molecule has 1 aliphatic heterocycles. The quantitative estimate of drug-likeness (QED) is 0.436. The van der Waals surface area contributed by atoms with E-state index in [0.717, 1.165) is 17.7 Å². The van der Waals surface area contributed by atoms with Gasteiger partial charge in [0.1, 0.15) is 6.61 Å². The van der Waals surface area contributed by atoms with Crippen LogP contribution in [0.25, 0.3) is 0 Å². The van der Waals surface area contributed by atoms with Crippen molar-refractivity contribution in [2.75, 3.05) is 26.6 Å². The molecule has 0 aliphatic carbocycles. The van der Waals surface area contributed by atoms with Crippen molar-refractivity contribution < 1.29 is 23.8 Å². The normalized spacial score (nSPS) is 18.5. The highest BCUT2D eigenvalue weighted by atomic mass is 32.2. The molecule has 7 heteroatoms. The maximum atomic E-state index is 12.9. The van der Waals surface area contributed by atoms with Gasteiger partial charge < -0.3 is 14.2 Å². The maximum absolute atomic E-state index is 12.9. The van der Waals surface area contributed by atoms with E-state index in [9.17, 15) is 9.59 Å². The fraction of sp³-hybridized carbons (Fsp3) is 0.524. The largest absolute Gasteiger partial charge is 0.447 e. The summed E-state index contributed by atoms with van der Waals surface area (Å²) in [4.78, 5) is 26.3. The molecule has 1 saturated heterocycles. The summed E-state index contributed by atoms with van der Waals surface area (Å²) in [5.74, 6) is 0.552. The molecule has 2 amide bonds. The molecule has 1 unspecified atom stereocenters. The van der Waals surface area contributed by atoms with E-state index in [4.69, 9.17) is 14.2 Å². The third-order valence-corrected chi connectivity index (χ3v) is 5.71. The van der Waals surface area contributed by atoms with Crippen LogP contribution >= 0.6 is 11.8 Å². The fourth-order valence-electron chi connectivity index (χ4n) is 3.09. The molecule has 0 bridgehead atoms. The van der Waals surface area contributed by atoms with Crippen molar-refractivity contribution in [1.82, 2.24) is 4.90 Å². The van der Waals surface area contributed by atoms with Gasteiger partial charge in [0.15, 0.2) is 6.29 Å². The topological polar surface area (TPSA) is 65.1 Å². The third-order valence-electron chi connectivity index (χ3n) is 4.58. The lowest BCUT2D eigenvalue weighted by Gasteiger charge is -2.20. The number of thioether (sulfide) groups is 1. The lowest BCUT2D eigenvalue weighted by molar-refractivity contribution is -0.125. The number of hydrogen-bond donors (Lipinski definition) is 0. The highest BCUT2D eigenvalue weighted by Gasteiger charge is 2.38. The molecule has 28 heavy (non-hydrogen) atoms. The number of methoxy groups -OCH3 is 2. The minimum Gasteiger partial charge on any atom is -0.447 e. The van der Waals surface area contributed by atoms with E-state index >= 15 is 0 Å². The summed E-state index contributed by atoms with van der Waals surface area (Å²) in [6.07, 6.45) is 2.46. The molecule has 0 saturated carbocycles. The molecule has 2 rings (SSSR count). The molecule has 0 spiro atoms. The van der Waals surface area contributed by atoms with Crippen LogP contribution in [-0.2, 0) is 25.4 Å². The summed E-state index contributed by atoms with van der Waals surface area (Å²) in [5.41, 5.74) is 1.62. The number of ether oxygens (including phenoxy) is 3. The van der Waals surface area contributed by atoms with E-state index < -0.39 is 6.09 Å². The van der Waals surface area contributed by atoms with E-state index in [1.807, 2.05) is 43.3 Å². The number of benzene rings is 1. The summed E-state index contributed by atoms with van der Waals surface area (Å²) >= 11 is 1.70. The van der Waals surface area contributed by atoms with Gasteiger partial charge in [-0.3, -0.25) is 4.79 Å². The zero-order valence-corrected chi connectivity index (χ0v) is 17.7. The zero-order valence-electron chi connectivity index (χ0n) is 16.9. The molecule has 6 nitrogen and oxygen atoms in total. The first-order chi connectivity index (χ1) is 13.5. The second-order valence-corrected chi connectivity index (χ2v) is 8.20. The number of carbonyl (C=O) groups is 2. The van der Waals surface area contributed by atoms with Crippen LogP contribution in [-0.4, -0.2) is 61.1 Å². The number of imide groups is 1. The van der Waals surface area contributed by atoms with Gasteiger partial charge in [-0.1, -0.05) is 36.4 Å². The Morgan fingerprint density at radius 2 is 2.00 bits per heavy atom. The van der Waals surface area contributed by atoms with E-state index in [1.165, 1.54) is 4.90 Å². The van der Waals surface area contributed by atoms with E-state index in [2.05, 4.69) is 0 Å². The Morgan fingerprint density at radius 1 is 1.32 bits per heavy atom. The number of cyclic esters (lactones) is 1. The average molecular weight is 408 g/mol. The van der Waals surface area contributed by atoms with Crippen LogP contribution in [0.5, 0.6) is 0 Å². The van der Waals surface area contributed by atoms with Crippen molar-refractivity contribution in [3.05, 3.63) is 47.5 Å². The molecule has 1 aliphatic rings. The Morgan fingerprint density at radius 3 is 2.64 bits per heavy atom. The predicted molar refractivity (Wildman–Crippen MR) is 110 cm³/mol. The molecule has 1 fully saturated rings. The number of carbonyl (C=O) groups excluding carboxylic acids is 2. The van der Waals surface area contributed by atoms with Gasteiger partial charge in [-0.2, -0.15) is 11.8 Å². The Kier molecular flexibility index (Phi) is 9.02. The third kappa shape index (κ3) is 6.36. The van der Waals surface area contributed by atoms with Crippen LogP contribution < -0.4 is 0 Å². The van der Waals surface area contributed by atoms with Crippen molar-refractivity contribution in [3.8, 4) is 0 Å². The van der Waals surface area contributed by atoms with E-state index in [0.29, 0.717) is 12.0 Å². The highest BCUT2D eigenvalue weighted by molar-refractivity contribution is 8.00. The maximum Gasteiger partial charge on any atom is 0.417 e. The summed E-state index contributed by atoms with van der Waals surface area (Å²) in [7, 11) is 3.23. The molecule has 0 aromatic heterocycles. The first kappa shape index (κ1) is 22.5. The predicted octanol–water partition coefficient (Wildman–Crippen LogP) is 3.65. The molecule has 154 valence electrons. The van der Waals surface area contributed by atoms with Gasteiger partial charge in [-0.15, -0.1) is 0 Å². The number of hydrogen-bond acceptors (Lipinski definition) is 6. The lowest BCUT2D eigenvalue weighted by atomic mass is 10.1. The van der Waals surface area contributed by atoms with Crippen molar-refractivity contribution >= 4 is 23.8 Å². The molecule has 1 aromatic carbocycles. The van der Waals surface area contributed by atoms with Gasteiger partial charge in [0.05, 0.1) is 6.04 Å². The minimum atomic E-state index is -0.568. The molecular formula is C21H29NO5S. The fourth-order valence-corrected chi connectivity index (χ4v) is 4.09. The van der Waals surface area contributed by atoms with Crippen LogP contribution in [0.4, 0.5) is 4.79 Å². The zero-order chi connectivity index (χ0) is 20.5. The SMILES string of the molecule is COC(CCSC(C)/C=C(\C)C(=O)N1C(=O)OC[C@@H]1Cc1ccccc1)OC. The molecular weight excluding hydrogens is 378 g/mol. The lowest BCUT2D eigenvalue weighted by Crippen LogP contribution is -2.40. The van der Waals surface area contributed by atoms with Crippen molar-refractivity contribution in [2.45, 2.75) is 44.3 Å². The molecule has 1 aromatic rings. The minimum absolute atomic E-state index is 0.129. The average Bonchev–Trinajstić information content (AvgIpc) is 3.05. The molecule has 2 atom stereocenters. The van der Waals surface area contributed by atoms with Gasteiger partial charge in [0.2, 0.25) is 0 Å². The highest BCUT2D eigenvalue weighted by Crippen LogP contribution is 2.22. The Labute approximate surface area is 171 Å². The summed E-state index contributed by atoms with van der Waals surface area (Å²) in [6, 6.07) is 9.52. The number of rotatable bonds is 10. The summed E-state index contributed by atoms with van der Waals surface area (Å²) in [6.45, 7) is 4.00. The Hall–Kier alpha value is -1.83. The standard InChI is InChI=1S/C21H29NO5S/c1-15(12-16(2)28-11-10-19(25-3)26-4)20(23)22-18(14-27-21(22)24)13-17-8-6-5-7-9-17/h5-9,12,16,18-19H,10-11,13-14H2,1-4H3/b15-12+/t16?,18-/m0/s1.